The van der Waals surface area contributed by atoms with Crippen LogP contribution >= 0.6 is 35.0 Å². The van der Waals surface area contributed by atoms with Gasteiger partial charge in [0.05, 0.1) is 16.3 Å². The van der Waals surface area contributed by atoms with Crippen molar-refractivity contribution >= 4 is 35.0 Å². The molecule has 6 nitrogen and oxygen atoms in total. The van der Waals surface area contributed by atoms with Gasteiger partial charge in [-0.05, 0) is 25.1 Å². The molecule has 1 aromatic carbocycles. The summed E-state index contributed by atoms with van der Waals surface area (Å²) in [6.45, 7) is 7.10. The van der Waals surface area contributed by atoms with Gasteiger partial charge in [-0.1, -0.05) is 48.8 Å². The normalized spacial score (nSPS) is 11.4. The predicted molar refractivity (Wildman–Crippen MR) is 99.1 cm³/mol. The molecule has 0 saturated carbocycles. The van der Waals surface area contributed by atoms with E-state index in [4.69, 9.17) is 27.6 Å². The molecular formula is C16H17Cl2N5OS. The molecule has 0 atom stereocenters. The first-order valence-electron chi connectivity index (χ1n) is 7.83. The van der Waals surface area contributed by atoms with Gasteiger partial charge in [0.25, 0.3) is 0 Å². The Bertz CT molecular complexity index is 877. The van der Waals surface area contributed by atoms with Crippen molar-refractivity contribution in [3.8, 4) is 11.5 Å². The molecule has 2 aromatic heterocycles. The molecule has 0 aliphatic heterocycles. The van der Waals surface area contributed by atoms with Crippen LogP contribution in [-0.2, 0) is 12.3 Å². The molecule has 0 aliphatic rings. The first-order chi connectivity index (χ1) is 12.0. The molecule has 3 rings (SSSR count). The van der Waals surface area contributed by atoms with Crippen LogP contribution in [0.3, 0.4) is 0 Å². The molecule has 0 fully saturated rings. The topological polar surface area (TPSA) is 69.6 Å². The van der Waals surface area contributed by atoms with Gasteiger partial charge < -0.3 is 8.98 Å². The number of halogens is 2. The number of hydrogen-bond donors (Lipinski definition) is 0. The molecule has 0 radical (unpaired) electrons. The standard InChI is InChI=1S/C16H17Cl2N5OS/c1-4-23-14(9(2)3)20-22-16(23)25-8-13-19-21-15(24-13)11-6-5-10(17)7-12(11)18/h5-7,9H,4,8H2,1-3H3. The summed E-state index contributed by atoms with van der Waals surface area (Å²) in [7, 11) is 0. The van der Waals surface area contributed by atoms with E-state index in [2.05, 4.69) is 45.7 Å². The van der Waals surface area contributed by atoms with Gasteiger partial charge in [0.15, 0.2) is 5.16 Å². The van der Waals surface area contributed by atoms with Crippen molar-refractivity contribution in [2.45, 2.75) is 44.1 Å². The summed E-state index contributed by atoms with van der Waals surface area (Å²) in [5, 5.41) is 18.6. The van der Waals surface area contributed by atoms with Gasteiger partial charge in [-0.2, -0.15) is 0 Å². The molecule has 0 N–H and O–H groups in total. The monoisotopic (exact) mass is 397 g/mol. The quantitative estimate of drug-likeness (QED) is 0.540. The largest absolute Gasteiger partial charge is 0.420 e. The van der Waals surface area contributed by atoms with E-state index in [0.29, 0.717) is 39.1 Å². The minimum Gasteiger partial charge on any atom is -0.420 e. The summed E-state index contributed by atoms with van der Waals surface area (Å²) >= 11 is 13.6. The Morgan fingerprint density at radius 2 is 1.96 bits per heavy atom. The Morgan fingerprint density at radius 1 is 1.16 bits per heavy atom. The molecule has 0 saturated heterocycles. The number of rotatable bonds is 6. The van der Waals surface area contributed by atoms with Crippen molar-refractivity contribution in [3.63, 3.8) is 0 Å². The molecule has 9 heteroatoms. The highest BCUT2D eigenvalue weighted by Gasteiger charge is 2.16. The SMILES string of the molecule is CCn1c(SCc2nnc(-c3ccc(Cl)cc3Cl)o2)nnc1C(C)C. The highest BCUT2D eigenvalue weighted by molar-refractivity contribution is 7.98. The lowest BCUT2D eigenvalue weighted by Crippen LogP contribution is -2.04. The fraction of sp³-hybridized carbons (Fsp3) is 0.375. The first-order valence-corrected chi connectivity index (χ1v) is 9.57. The maximum Gasteiger partial charge on any atom is 0.249 e. The third kappa shape index (κ3) is 3.99. The first kappa shape index (κ1) is 18.2. The van der Waals surface area contributed by atoms with Gasteiger partial charge in [-0.3, -0.25) is 0 Å². The molecule has 0 unspecified atom stereocenters. The molecular weight excluding hydrogens is 381 g/mol. The number of benzene rings is 1. The lowest BCUT2D eigenvalue weighted by Gasteiger charge is -2.08. The number of hydrogen-bond acceptors (Lipinski definition) is 6. The Kier molecular flexibility index (Phi) is 5.66. The van der Waals surface area contributed by atoms with Crippen molar-refractivity contribution < 1.29 is 4.42 Å². The summed E-state index contributed by atoms with van der Waals surface area (Å²) in [6, 6.07) is 5.14. The van der Waals surface area contributed by atoms with Gasteiger partial charge in [-0.15, -0.1) is 20.4 Å². The van der Waals surface area contributed by atoms with Crippen LogP contribution in [0.5, 0.6) is 0 Å². The van der Waals surface area contributed by atoms with Crippen molar-refractivity contribution in [2.24, 2.45) is 0 Å². The zero-order chi connectivity index (χ0) is 18.0. The van der Waals surface area contributed by atoms with Gasteiger partial charge >= 0.3 is 0 Å². The van der Waals surface area contributed by atoms with E-state index >= 15 is 0 Å². The van der Waals surface area contributed by atoms with Crippen LogP contribution in [0.25, 0.3) is 11.5 Å². The second-order valence-electron chi connectivity index (χ2n) is 5.65. The van der Waals surface area contributed by atoms with Crippen LogP contribution in [0, 0.1) is 0 Å². The van der Waals surface area contributed by atoms with Crippen molar-refractivity contribution in [2.75, 3.05) is 0 Å². The van der Waals surface area contributed by atoms with E-state index < -0.39 is 0 Å². The molecule has 0 spiro atoms. The fourth-order valence-corrected chi connectivity index (χ4v) is 3.68. The van der Waals surface area contributed by atoms with Crippen molar-refractivity contribution in [1.29, 1.82) is 0 Å². The van der Waals surface area contributed by atoms with Crippen LogP contribution in [0.4, 0.5) is 0 Å². The summed E-state index contributed by atoms with van der Waals surface area (Å²) in [5.74, 6) is 2.68. The Labute approximate surface area is 159 Å². The van der Waals surface area contributed by atoms with E-state index in [0.717, 1.165) is 17.5 Å². The third-order valence-electron chi connectivity index (χ3n) is 3.53. The molecule has 0 amide bonds. The Morgan fingerprint density at radius 3 is 2.64 bits per heavy atom. The van der Waals surface area contributed by atoms with E-state index in [-0.39, 0.29) is 0 Å². The van der Waals surface area contributed by atoms with Gasteiger partial charge in [0, 0.05) is 17.5 Å². The predicted octanol–water partition coefficient (Wildman–Crippen LogP) is 5.07. The van der Waals surface area contributed by atoms with Crippen LogP contribution in [-0.4, -0.2) is 25.0 Å². The molecule has 2 heterocycles. The summed E-state index contributed by atoms with van der Waals surface area (Å²) < 4.78 is 7.81. The number of nitrogens with zero attached hydrogens (tertiary/aromatic N) is 5. The lowest BCUT2D eigenvalue weighted by molar-refractivity contribution is 0.528. The van der Waals surface area contributed by atoms with Crippen LogP contribution in [0.1, 0.15) is 38.4 Å². The second-order valence-corrected chi connectivity index (χ2v) is 7.44. The van der Waals surface area contributed by atoms with Gasteiger partial charge in [0.2, 0.25) is 11.8 Å². The average Bonchev–Trinajstić information content (AvgIpc) is 3.19. The molecule has 0 aliphatic carbocycles. The molecule has 3 aromatic rings. The highest BCUT2D eigenvalue weighted by atomic mass is 35.5. The third-order valence-corrected chi connectivity index (χ3v) is 5.03. The highest BCUT2D eigenvalue weighted by Crippen LogP contribution is 2.30. The zero-order valence-electron chi connectivity index (χ0n) is 14.0. The summed E-state index contributed by atoms with van der Waals surface area (Å²) in [6.07, 6.45) is 0. The fourth-order valence-electron chi connectivity index (χ4n) is 2.34. The van der Waals surface area contributed by atoms with Gasteiger partial charge in [-0.25, -0.2) is 0 Å². The number of aromatic nitrogens is 5. The van der Waals surface area contributed by atoms with E-state index in [1.54, 1.807) is 18.2 Å². The molecule has 132 valence electrons. The van der Waals surface area contributed by atoms with Crippen LogP contribution in [0.15, 0.2) is 27.8 Å². The minimum absolute atomic E-state index is 0.323. The maximum absolute atomic E-state index is 6.18. The average molecular weight is 398 g/mol. The summed E-state index contributed by atoms with van der Waals surface area (Å²) in [4.78, 5) is 0. The van der Waals surface area contributed by atoms with Crippen molar-refractivity contribution in [3.05, 3.63) is 40.0 Å². The second kappa shape index (κ2) is 7.76. The van der Waals surface area contributed by atoms with Crippen molar-refractivity contribution in [1.82, 2.24) is 25.0 Å². The zero-order valence-corrected chi connectivity index (χ0v) is 16.4. The maximum atomic E-state index is 6.18. The molecule has 0 bridgehead atoms. The van der Waals surface area contributed by atoms with E-state index in [9.17, 15) is 0 Å². The van der Waals surface area contributed by atoms with E-state index in [1.165, 1.54) is 11.8 Å². The smallest absolute Gasteiger partial charge is 0.249 e. The van der Waals surface area contributed by atoms with E-state index in [1.807, 2.05) is 0 Å². The minimum atomic E-state index is 0.323. The van der Waals surface area contributed by atoms with Gasteiger partial charge in [0.1, 0.15) is 5.82 Å². The molecule has 25 heavy (non-hydrogen) atoms. The summed E-state index contributed by atoms with van der Waals surface area (Å²) in [5.41, 5.74) is 0.661. The Hall–Kier alpha value is -1.57. The van der Waals surface area contributed by atoms with Crippen LogP contribution < -0.4 is 0 Å². The number of thioether (sulfide) groups is 1. The Balaban J connectivity index is 1.74. The lowest BCUT2D eigenvalue weighted by atomic mass is 10.2. The van der Waals surface area contributed by atoms with Crippen LogP contribution in [0.2, 0.25) is 10.0 Å².